The van der Waals surface area contributed by atoms with Crippen LogP contribution in [0.3, 0.4) is 0 Å². The molecule has 1 atom stereocenters. The van der Waals surface area contributed by atoms with Gasteiger partial charge < -0.3 is 5.32 Å². The van der Waals surface area contributed by atoms with Crippen LogP contribution in [-0.4, -0.2) is 33.4 Å². The Morgan fingerprint density at radius 3 is 3.28 bits per heavy atom. The van der Waals surface area contributed by atoms with Crippen LogP contribution in [0.15, 0.2) is 21.3 Å². The molecule has 0 amide bonds. The van der Waals surface area contributed by atoms with Gasteiger partial charge in [0.15, 0.2) is 0 Å². The number of nitrogens with one attached hydrogen (secondary N) is 1. The van der Waals surface area contributed by atoms with Gasteiger partial charge >= 0.3 is 0 Å². The zero-order chi connectivity index (χ0) is 12.5. The Kier molecular flexibility index (Phi) is 3.00. The molecule has 2 aliphatic rings. The van der Waals surface area contributed by atoms with Gasteiger partial charge in [0.1, 0.15) is 27.2 Å². The van der Waals surface area contributed by atoms with E-state index in [1.807, 2.05) is 18.1 Å². The molecule has 0 aromatic carbocycles. The van der Waals surface area contributed by atoms with Gasteiger partial charge in [0.25, 0.3) is 0 Å². The summed E-state index contributed by atoms with van der Waals surface area (Å²) in [5, 5.41) is 19.7. The second kappa shape index (κ2) is 4.66. The van der Waals surface area contributed by atoms with Crippen LogP contribution in [0.2, 0.25) is 0 Å². The molecule has 0 aliphatic carbocycles. The fourth-order valence-corrected chi connectivity index (χ4v) is 2.66. The third-order valence-corrected chi connectivity index (χ3v) is 3.61. The fourth-order valence-electron chi connectivity index (χ4n) is 1.80. The standard InChI is InChI=1S/C10H11ClN6S/c1-6-15-16-10(18-6)5-12-9-4-7(11)14-8-2-3-13-17(8)9/h3-4,8,14H,2,5H2,1H3. The largest absolute Gasteiger partial charge is 0.354 e. The molecule has 94 valence electrons. The maximum Gasteiger partial charge on any atom is 0.149 e. The number of aromatic nitrogens is 2. The number of fused-ring (bicyclic) bond motifs is 1. The van der Waals surface area contributed by atoms with E-state index in [0.29, 0.717) is 11.7 Å². The number of halogens is 1. The van der Waals surface area contributed by atoms with Crippen LogP contribution in [0.25, 0.3) is 0 Å². The van der Waals surface area contributed by atoms with Gasteiger partial charge in [-0.1, -0.05) is 22.9 Å². The Hall–Kier alpha value is -1.47. The lowest BCUT2D eigenvalue weighted by molar-refractivity contribution is 0.321. The lowest BCUT2D eigenvalue weighted by Crippen LogP contribution is -2.45. The zero-order valence-electron chi connectivity index (χ0n) is 9.67. The average Bonchev–Trinajstić information content (AvgIpc) is 2.94. The van der Waals surface area contributed by atoms with Gasteiger partial charge in [-0.25, -0.2) is 5.01 Å². The second-order valence-electron chi connectivity index (χ2n) is 3.92. The smallest absolute Gasteiger partial charge is 0.149 e. The van der Waals surface area contributed by atoms with E-state index in [9.17, 15) is 0 Å². The Balaban J connectivity index is 1.81. The molecule has 3 rings (SSSR count). The summed E-state index contributed by atoms with van der Waals surface area (Å²) >= 11 is 7.57. The molecular formula is C10H11ClN6S. The van der Waals surface area contributed by atoms with Crippen molar-refractivity contribution in [3.8, 4) is 0 Å². The normalized spacial score (nSPS) is 24.1. The van der Waals surface area contributed by atoms with Crippen LogP contribution >= 0.6 is 22.9 Å². The lowest BCUT2D eigenvalue weighted by Gasteiger charge is -2.28. The number of amidine groups is 1. The topological polar surface area (TPSA) is 65.8 Å². The van der Waals surface area contributed by atoms with Crippen LogP contribution in [0.5, 0.6) is 0 Å². The summed E-state index contributed by atoms with van der Waals surface area (Å²) in [6, 6.07) is 0. The SMILES string of the molecule is Cc1nnc(CN=C2C=C(Cl)NC3CC=NN23)s1. The predicted molar refractivity (Wildman–Crippen MR) is 71.6 cm³/mol. The van der Waals surface area contributed by atoms with Crippen molar-refractivity contribution in [2.45, 2.75) is 26.1 Å². The molecule has 6 nitrogen and oxygen atoms in total. The lowest BCUT2D eigenvalue weighted by atomic mass is 10.3. The van der Waals surface area contributed by atoms with Crippen molar-refractivity contribution in [2.24, 2.45) is 10.1 Å². The van der Waals surface area contributed by atoms with Crippen LogP contribution in [0.4, 0.5) is 0 Å². The summed E-state index contributed by atoms with van der Waals surface area (Å²) in [7, 11) is 0. The Labute approximate surface area is 113 Å². The molecule has 0 bridgehead atoms. The molecule has 0 radical (unpaired) electrons. The van der Waals surface area contributed by atoms with Gasteiger partial charge in [-0.2, -0.15) is 5.10 Å². The maximum absolute atomic E-state index is 6.03. The van der Waals surface area contributed by atoms with E-state index in [1.165, 1.54) is 0 Å². The highest BCUT2D eigenvalue weighted by molar-refractivity contribution is 7.11. The van der Waals surface area contributed by atoms with E-state index >= 15 is 0 Å². The fraction of sp³-hybridized carbons (Fsp3) is 0.400. The van der Waals surface area contributed by atoms with Gasteiger partial charge in [0.05, 0.1) is 6.54 Å². The molecule has 1 N–H and O–H groups in total. The number of aryl methyl sites for hydroxylation is 1. The molecule has 0 saturated heterocycles. The second-order valence-corrected chi connectivity index (χ2v) is 5.59. The van der Waals surface area contributed by atoms with E-state index in [1.54, 1.807) is 17.4 Å². The minimum atomic E-state index is 0.0809. The molecule has 1 aromatic heterocycles. The Morgan fingerprint density at radius 1 is 1.61 bits per heavy atom. The molecule has 18 heavy (non-hydrogen) atoms. The Morgan fingerprint density at radius 2 is 2.50 bits per heavy atom. The van der Waals surface area contributed by atoms with Crippen LogP contribution in [-0.2, 0) is 6.54 Å². The third-order valence-electron chi connectivity index (χ3n) is 2.57. The molecule has 2 aliphatic heterocycles. The highest BCUT2D eigenvalue weighted by atomic mass is 35.5. The van der Waals surface area contributed by atoms with E-state index in [2.05, 4.69) is 25.6 Å². The minimum absolute atomic E-state index is 0.0809. The van der Waals surface area contributed by atoms with E-state index in [-0.39, 0.29) is 6.17 Å². The number of hydrogen-bond acceptors (Lipinski definition) is 6. The van der Waals surface area contributed by atoms with Gasteiger partial charge in [-0.05, 0) is 6.92 Å². The maximum atomic E-state index is 6.03. The minimum Gasteiger partial charge on any atom is -0.354 e. The number of hydrogen-bond donors (Lipinski definition) is 1. The van der Waals surface area contributed by atoms with Gasteiger partial charge in [-0.3, -0.25) is 4.99 Å². The highest BCUT2D eigenvalue weighted by Crippen LogP contribution is 2.19. The molecule has 0 fully saturated rings. The van der Waals surface area contributed by atoms with Gasteiger partial charge in [0, 0.05) is 18.7 Å². The quantitative estimate of drug-likeness (QED) is 0.834. The van der Waals surface area contributed by atoms with Crippen molar-refractivity contribution >= 4 is 35.0 Å². The van der Waals surface area contributed by atoms with Crippen molar-refractivity contribution in [3.63, 3.8) is 0 Å². The zero-order valence-corrected chi connectivity index (χ0v) is 11.2. The molecule has 0 saturated carbocycles. The molecular weight excluding hydrogens is 272 g/mol. The number of nitrogens with zero attached hydrogens (tertiary/aromatic N) is 5. The van der Waals surface area contributed by atoms with E-state index in [4.69, 9.17) is 11.6 Å². The van der Waals surface area contributed by atoms with Crippen molar-refractivity contribution in [1.29, 1.82) is 0 Å². The van der Waals surface area contributed by atoms with Gasteiger partial charge in [-0.15, -0.1) is 10.2 Å². The van der Waals surface area contributed by atoms with Crippen LogP contribution in [0, 0.1) is 6.92 Å². The van der Waals surface area contributed by atoms with Crippen molar-refractivity contribution in [1.82, 2.24) is 20.5 Å². The van der Waals surface area contributed by atoms with Crippen molar-refractivity contribution in [2.75, 3.05) is 0 Å². The average molecular weight is 283 g/mol. The number of hydrazone groups is 1. The summed E-state index contributed by atoms with van der Waals surface area (Å²) in [4.78, 5) is 4.50. The van der Waals surface area contributed by atoms with E-state index < -0.39 is 0 Å². The summed E-state index contributed by atoms with van der Waals surface area (Å²) in [5.74, 6) is 0.755. The van der Waals surface area contributed by atoms with Crippen LogP contribution in [0.1, 0.15) is 16.4 Å². The first-order valence-electron chi connectivity index (χ1n) is 5.51. The first kappa shape index (κ1) is 11.6. The third kappa shape index (κ3) is 2.23. The van der Waals surface area contributed by atoms with Crippen molar-refractivity contribution < 1.29 is 0 Å². The predicted octanol–water partition coefficient (Wildman–Crippen LogP) is 1.45. The van der Waals surface area contributed by atoms with Crippen LogP contribution < -0.4 is 5.32 Å². The summed E-state index contributed by atoms with van der Waals surface area (Å²) < 4.78 is 0. The van der Waals surface area contributed by atoms with E-state index in [0.717, 1.165) is 22.3 Å². The molecule has 3 heterocycles. The monoisotopic (exact) mass is 282 g/mol. The molecule has 8 heteroatoms. The van der Waals surface area contributed by atoms with Crippen molar-refractivity contribution in [3.05, 3.63) is 21.2 Å². The molecule has 0 spiro atoms. The molecule has 1 aromatic rings. The first-order chi connectivity index (χ1) is 8.72. The summed E-state index contributed by atoms with van der Waals surface area (Å²) in [6.07, 6.45) is 4.53. The first-order valence-corrected chi connectivity index (χ1v) is 6.70. The Bertz CT molecular complexity index is 548. The highest BCUT2D eigenvalue weighted by Gasteiger charge is 2.28. The summed E-state index contributed by atoms with van der Waals surface area (Å²) in [5.41, 5.74) is 0. The number of aliphatic imine (C=N–C) groups is 1. The van der Waals surface area contributed by atoms with Gasteiger partial charge in [0.2, 0.25) is 0 Å². The number of rotatable bonds is 2. The molecule has 1 unspecified atom stereocenters. The summed E-state index contributed by atoms with van der Waals surface area (Å²) in [6.45, 7) is 2.43.